The summed E-state index contributed by atoms with van der Waals surface area (Å²) in [7, 11) is 0. The lowest BCUT2D eigenvalue weighted by Gasteiger charge is -2.08. The Balaban J connectivity index is 2.00. The SMILES string of the molecule is C=CCn1c(=S)[nH]c2cc(C(=O)Nc3cc(C)ccn3)ccc2c1=O. The minimum Gasteiger partial charge on any atom is -0.332 e. The second-order valence-corrected chi connectivity index (χ2v) is 5.95. The van der Waals surface area contributed by atoms with E-state index in [-0.39, 0.29) is 16.2 Å². The number of carbonyl (C=O) groups is 1. The summed E-state index contributed by atoms with van der Waals surface area (Å²) in [5.41, 5.74) is 1.70. The van der Waals surface area contributed by atoms with Gasteiger partial charge in [-0.2, -0.15) is 0 Å². The lowest BCUT2D eigenvalue weighted by atomic mass is 10.1. The summed E-state index contributed by atoms with van der Waals surface area (Å²) in [5.74, 6) is 0.161. The molecule has 0 aliphatic rings. The van der Waals surface area contributed by atoms with E-state index in [0.717, 1.165) is 5.56 Å². The van der Waals surface area contributed by atoms with Crippen molar-refractivity contribution in [2.45, 2.75) is 13.5 Å². The molecule has 0 fully saturated rings. The molecule has 0 unspecified atom stereocenters. The first-order valence-corrected chi connectivity index (χ1v) is 8.02. The Kier molecular flexibility index (Phi) is 4.58. The maximum atomic E-state index is 12.5. The van der Waals surface area contributed by atoms with Crippen molar-refractivity contribution in [2.24, 2.45) is 0 Å². The van der Waals surface area contributed by atoms with Gasteiger partial charge in [-0.1, -0.05) is 6.08 Å². The molecule has 0 aliphatic heterocycles. The molecule has 0 saturated heterocycles. The third kappa shape index (κ3) is 3.41. The minimum atomic E-state index is -0.311. The molecular weight excluding hydrogens is 336 g/mol. The number of aromatic nitrogens is 3. The number of nitrogens with one attached hydrogen (secondary N) is 2. The number of fused-ring (bicyclic) bond motifs is 1. The maximum Gasteiger partial charge on any atom is 0.262 e. The van der Waals surface area contributed by atoms with Gasteiger partial charge >= 0.3 is 0 Å². The Hall–Kier alpha value is -3.06. The molecule has 0 spiro atoms. The number of rotatable bonds is 4. The normalized spacial score (nSPS) is 10.6. The standard InChI is InChI=1S/C18H16N4O2S/c1-3-8-22-17(24)13-5-4-12(10-14(13)20-18(22)25)16(23)21-15-9-11(2)6-7-19-15/h3-7,9-10H,1,8H2,2H3,(H,20,25)(H,19,21,23). The molecule has 1 amide bonds. The van der Waals surface area contributed by atoms with Crippen LogP contribution in [0.2, 0.25) is 0 Å². The average Bonchev–Trinajstić information content (AvgIpc) is 2.58. The van der Waals surface area contributed by atoms with Gasteiger partial charge in [-0.3, -0.25) is 14.2 Å². The van der Waals surface area contributed by atoms with Gasteiger partial charge in [0.15, 0.2) is 4.77 Å². The molecule has 7 heteroatoms. The van der Waals surface area contributed by atoms with Gasteiger partial charge in [0.05, 0.1) is 10.9 Å². The molecule has 0 atom stereocenters. The number of carbonyl (C=O) groups excluding carboxylic acids is 1. The van der Waals surface area contributed by atoms with Crippen LogP contribution in [0.5, 0.6) is 0 Å². The highest BCUT2D eigenvalue weighted by Crippen LogP contribution is 2.13. The van der Waals surface area contributed by atoms with Gasteiger partial charge in [0, 0.05) is 18.3 Å². The summed E-state index contributed by atoms with van der Waals surface area (Å²) in [5, 5.41) is 3.20. The maximum absolute atomic E-state index is 12.5. The summed E-state index contributed by atoms with van der Waals surface area (Å²) < 4.78 is 1.71. The molecule has 0 saturated carbocycles. The first-order valence-electron chi connectivity index (χ1n) is 7.61. The fourth-order valence-corrected chi connectivity index (χ4v) is 2.75. The molecule has 126 valence electrons. The summed E-state index contributed by atoms with van der Waals surface area (Å²) in [6.07, 6.45) is 3.23. The Morgan fingerprint density at radius 3 is 2.92 bits per heavy atom. The Bertz CT molecular complexity index is 1100. The largest absolute Gasteiger partial charge is 0.332 e. The summed E-state index contributed by atoms with van der Waals surface area (Å²) in [4.78, 5) is 32.0. The summed E-state index contributed by atoms with van der Waals surface area (Å²) in [6.45, 7) is 5.87. The first-order chi connectivity index (χ1) is 12.0. The van der Waals surface area contributed by atoms with Gasteiger partial charge in [-0.25, -0.2) is 4.98 Å². The molecule has 25 heavy (non-hydrogen) atoms. The van der Waals surface area contributed by atoms with Crippen molar-refractivity contribution in [3.63, 3.8) is 0 Å². The number of H-pyrrole nitrogens is 1. The third-order valence-electron chi connectivity index (χ3n) is 3.71. The Morgan fingerprint density at radius 1 is 1.40 bits per heavy atom. The van der Waals surface area contributed by atoms with E-state index in [2.05, 4.69) is 21.9 Å². The van der Waals surface area contributed by atoms with E-state index < -0.39 is 0 Å². The summed E-state index contributed by atoms with van der Waals surface area (Å²) in [6, 6.07) is 8.45. The third-order valence-corrected chi connectivity index (χ3v) is 4.04. The highest BCUT2D eigenvalue weighted by Gasteiger charge is 2.11. The molecule has 0 aliphatic carbocycles. The number of amides is 1. The monoisotopic (exact) mass is 352 g/mol. The number of allylic oxidation sites excluding steroid dienone is 1. The smallest absolute Gasteiger partial charge is 0.262 e. The molecule has 0 bridgehead atoms. The van der Waals surface area contributed by atoms with Gasteiger partial charge in [0.25, 0.3) is 11.5 Å². The van der Waals surface area contributed by atoms with Crippen LogP contribution in [0.4, 0.5) is 5.82 Å². The lowest BCUT2D eigenvalue weighted by molar-refractivity contribution is 0.102. The Labute approximate surface area is 148 Å². The molecule has 2 N–H and O–H groups in total. The van der Waals surface area contributed by atoms with E-state index in [1.54, 1.807) is 36.5 Å². The zero-order valence-corrected chi connectivity index (χ0v) is 14.4. The van der Waals surface area contributed by atoms with E-state index in [0.29, 0.717) is 28.8 Å². The predicted octanol–water partition coefficient (Wildman–Crippen LogP) is 3.20. The summed E-state index contributed by atoms with van der Waals surface area (Å²) >= 11 is 5.21. The quantitative estimate of drug-likeness (QED) is 0.558. The molecule has 2 aromatic heterocycles. The number of aromatic amines is 1. The van der Waals surface area contributed by atoms with Crippen LogP contribution in [0.25, 0.3) is 10.9 Å². The molecule has 1 aromatic carbocycles. The fraction of sp³-hybridized carbons (Fsp3) is 0.111. The number of anilines is 1. The van der Waals surface area contributed by atoms with Crippen molar-refractivity contribution in [2.75, 3.05) is 5.32 Å². The zero-order chi connectivity index (χ0) is 18.0. The van der Waals surface area contributed by atoms with Crippen LogP contribution in [0.15, 0.2) is 54.0 Å². The number of hydrogen-bond acceptors (Lipinski definition) is 4. The van der Waals surface area contributed by atoms with Crippen LogP contribution in [-0.2, 0) is 6.54 Å². The van der Waals surface area contributed by atoms with Crippen LogP contribution < -0.4 is 10.9 Å². The van der Waals surface area contributed by atoms with E-state index in [9.17, 15) is 9.59 Å². The molecular formula is C18H16N4O2S. The van der Waals surface area contributed by atoms with Crippen LogP contribution in [0.3, 0.4) is 0 Å². The van der Waals surface area contributed by atoms with Crippen molar-refractivity contribution in [1.82, 2.24) is 14.5 Å². The molecule has 6 nitrogen and oxygen atoms in total. The van der Waals surface area contributed by atoms with Crippen molar-refractivity contribution in [3.05, 3.63) is 75.4 Å². The number of benzene rings is 1. The van der Waals surface area contributed by atoms with Gasteiger partial charge in [-0.05, 0) is 55.0 Å². The zero-order valence-electron chi connectivity index (χ0n) is 13.6. The number of nitrogens with zero attached hydrogens (tertiary/aromatic N) is 2. The number of pyridine rings is 1. The van der Waals surface area contributed by atoms with Crippen LogP contribution >= 0.6 is 12.2 Å². The Morgan fingerprint density at radius 2 is 2.20 bits per heavy atom. The van der Waals surface area contributed by atoms with Gasteiger partial charge in [0.1, 0.15) is 5.82 Å². The van der Waals surface area contributed by atoms with Crippen LogP contribution in [-0.4, -0.2) is 20.4 Å². The van der Waals surface area contributed by atoms with Crippen molar-refractivity contribution < 1.29 is 4.79 Å². The first kappa shape index (κ1) is 16.8. The molecule has 3 rings (SSSR count). The highest BCUT2D eigenvalue weighted by atomic mass is 32.1. The lowest BCUT2D eigenvalue weighted by Crippen LogP contribution is -2.22. The fourth-order valence-electron chi connectivity index (χ4n) is 2.48. The predicted molar refractivity (Wildman–Crippen MR) is 101 cm³/mol. The second kappa shape index (κ2) is 6.82. The van der Waals surface area contributed by atoms with Crippen LogP contribution in [0.1, 0.15) is 15.9 Å². The highest BCUT2D eigenvalue weighted by molar-refractivity contribution is 7.71. The minimum absolute atomic E-state index is 0.217. The van der Waals surface area contributed by atoms with E-state index in [1.165, 1.54) is 4.57 Å². The van der Waals surface area contributed by atoms with Crippen molar-refractivity contribution >= 4 is 34.8 Å². The number of aryl methyl sites for hydroxylation is 1. The topological polar surface area (TPSA) is 79.8 Å². The molecule has 2 heterocycles. The van der Waals surface area contributed by atoms with Gasteiger partial charge < -0.3 is 10.3 Å². The van der Waals surface area contributed by atoms with E-state index in [4.69, 9.17) is 12.2 Å². The average molecular weight is 352 g/mol. The second-order valence-electron chi connectivity index (χ2n) is 5.57. The van der Waals surface area contributed by atoms with Crippen molar-refractivity contribution in [1.29, 1.82) is 0 Å². The number of hydrogen-bond donors (Lipinski definition) is 2. The molecule has 3 aromatic rings. The van der Waals surface area contributed by atoms with Crippen LogP contribution in [0, 0.1) is 11.7 Å². The molecule has 0 radical (unpaired) electrons. The van der Waals surface area contributed by atoms with E-state index in [1.807, 2.05) is 13.0 Å². The van der Waals surface area contributed by atoms with Gasteiger partial charge in [-0.15, -0.1) is 6.58 Å². The van der Waals surface area contributed by atoms with E-state index >= 15 is 0 Å². The van der Waals surface area contributed by atoms with Crippen molar-refractivity contribution in [3.8, 4) is 0 Å². The van der Waals surface area contributed by atoms with Gasteiger partial charge in [0.2, 0.25) is 0 Å².